The van der Waals surface area contributed by atoms with Crippen molar-refractivity contribution in [1.29, 1.82) is 0 Å². The smallest absolute Gasteiger partial charge is 0.335 e. The van der Waals surface area contributed by atoms with E-state index in [4.69, 9.17) is 5.11 Å². The summed E-state index contributed by atoms with van der Waals surface area (Å²) < 4.78 is 2.14. The van der Waals surface area contributed by atoms with Crippen molar-refractivity contribution in [1.82, 2.24) is 4.57 Å². The third-order valence-corrected chi connectivity index (χ3v) is 2.91. The van der Waals surface area contributed by atoms with Crippen LogP contribution in [0.5, 0.6) is 0 Å². The van der Waals surface area contributed by atoms with Crippen LogP contribution in [0.1, 0.15) is 30.6 Å². The van der Waals surface area contributed by atoms with Crippen LogP contribution < -0.4 is 0 Å². The molecule has 1 N–H and O–H groups in total. The first kappa shape index (κ1) is 11.7. The molecule has 0 saturated heterocycles. The molecule has 0 radical (unpaired) electrons. The van der Waals surface area contributed by atoms with E-state index in [1.165, 1.54) is 0 Å². The molecule has 1 aromatic heterocycles. The number of carboxylic acids is 1. The highest BCUT2D eigenvalue weighted by molar-refractivity contribution is 5.94. The average Bonchev–Trinajstić information content (AvgIpc) is 2.67. The van der Waals surface area contributed by atoms with Crippen molar-refractivity contribution in [2.45, 2.75) is 26.8 Å². The van der Waals surface area contributed by atoms with Crippen LogP contribution in [0.4, 0.5) is 0 Å². The number of benzene rings is 1. The Labute approximate surface area is 101 Å². The standard InChI is InChI=1S/C14H17NO2/c1-10(2)5-6-15-8-12-4-3-11(14(16)17)7-13(12)9-15/h3-4,7-10H,5-6H2,1-2H3,(H,16,17). The van der Waals surface area contributed by atoms with Gasteiger partial charge < -0.3 is 9.67 Å². The van der Waals surface area contributed by atoms with Gasteiger partial charge in [0.05, 0.1) is 5.56 Å². The molecule has 0 unspecified atom stereocenters. The van der Waals surface area contributed by atoms with Crippen LogP contribution in [-0.2, 0) is 6.54 Å². The summed E-state index contributed by atoms with van der Waals surface area (Å²) in [6.07, 6.45) is 5.22. The van der Waals surface area contributed by atoms with Crippen LogP contribution in [0.15, 0.2) is 30.6 Å². The minimum absolute atomic E-state index is 0.346. The molecule has 1 heterocycles. The molecule has 3 heteroatoms. The van der Waals surface area contributed by atoms with Crippen molar-refractivity contribution in [3.63, 3.8) is 0 Å². The number of rotatable bonds is 4. The molecule has 0 saturated carbocycles. The fourth-order valence-corrected chi connectivity index (χ4v) is 1.87. The molecule has 0 amide bonds. The fraction of sp³-hybridized carbons (Fsp3) is 0.357. The maximum Gasteiger partial charge on any atom is 0.335 e. The largest absolute Gasteiger partial charge is 0.478 e. The molecule has 0 aliphatic carbocycles. The Bertz CT molecular complexity index is 540. The first-order valence-electron chi connectivity index (χ1n) is 5.89. The van der Waals surface area contributed by atoms with Crippen molar-refractivity contribution in [2.24, 2.45) is 5.92 Å². The van der Waals surface area contributed by atoms with E-state index < -0.39 is 5.97 Å². The molecule has 0 spiro atoms. The number of carboxylic acid groups (broad SMARTS) is 1. The van der Waals surface area contributed by atoms with Gasteiger partial charge in [-0.2, -0.15) is 0 Å². The van der Waals surface area contributed by atoms with Gasteiger partial charge in [0.2, 0.25) is 0 Å². The Morgan fingerprint density at radius 3 is 2.65 bits per heavy atom. The Morgan fingerprint density at radius 1 is 1.29 bits per heavy atom. The maximum absolute atomic E-state index is 10.9. The van der Waals surface area contributed by atoms with Crippen molar-refractivity contribution in [2.75, 3.05) is 0 Å². The minimum atomic E-state index is -0.873. The van der Waals surface area contributed by atoms with E-state index in [2.05, 4.69) is 24.6 Å². The number of carbonyl (C=O) groups is 1. The summed E-state index contributed by atoms with van der Waals surface area (Å²) in [5, 5.41) is 11.0. The highest BCUT2D eigenvalue weighted by Crippen LogP contribution is 2.18. The van der Waals surface area contributed by atoms with Gasteiger partial charge in [-0.1, -0.05) is 19.9 Å². The van der Waals surface area contributed by atoms with Gasteiger partial charge in [-0.25, -0.2) is 4.79 Å². The molecular weight excluding hydrogens is 214 g/mol. The summed E-state index contributed by atoms with van der Waals surface area (Å²) in [6, 6.07) is 5.24. The van der Waals surface area contributed by atoms with Crippen molar-refractivity contribution < 1.29 is 9.90 Å². The van der Waals surface area contributed by atoms with Gasteiger partial charge in [-0.05, 0) is 29.9 Å². The van der Waals surface area contributed by atoms with E-state index in [0.29, 0.717) is 11.5 Å². The second-order valence-electron chi connectivity index (χ2n) is 4.83. The predicted molar refractivity (Wildman–Crippen MR) is 68.4 cm³/mol. The SMILES string of the molecule is CC(C)CCn1cc2ccc(C(=O)O)cc2c1. The highest BCUT2D eigenvalue weighted by atomic mass is 16.4. The normalized spacial score (nSPS) is 11.2. The molecule has 0 aliphatic rings. The topological polar surface area (TPSA) is 42.2 Å². The number of aryl methyl sites for hydroxylation is 1. The Morgan fingerprint density at radius 2 is 2.00 bits per heavy atom. The lowest BCUT2D eigenvalue weighted by Crippen LogP contribution is -1.98. The Balaban J connectivity index is 2.27. The van der Waals surface area contributed by atoms with Gasteiger partial charge in [0, 0.05) is 24.3 Å². The summed E-state index contributed by atoms with van der Waals surface area (Å²) in [6.45, 7) is 5.38. The first-order valence-corrected chi connectivity index (χ1v) is 5.89. The van der Waals surface area contributed by atoms with Crippen LogP contribution in [0, 0.1) is 5.92 Å². The zero-order valence-electron chi connectivity index (χ0n) is 10.2. The average molecular weight is 231 g/mol. The zero-order chi connectivity index (χ0) is 12.4. The van der Waals surface area contributed by atoms with Crippen LogP contribution >= 0.6 is 0 Å². The minimum Gasteiger partial charge on any atom is -0.478 e. The van der Waals surface area contributed by atoms with Crippen molar-refractivity contribution >= 4 is 16.7 Å². The van der Waals surface area contributed by atoms with Gasteiger partial charge in [-0.3, -0.25) is 0 Å². The lowest BCUT2D eigenvalue weighted by Gasteiger charge is -2.04. The monoisotopic (exact) mass is 231 g/mol. The number of hydrogen-bond acceptors (Lipinski definition) is 1. The molecule has 0 fully saturated rings. The Kier molecular flexibility index (Phi) is 3.18. The molecule has 2 rings (SSSR count). The van der Waals surface area contributed by atoms with E-state index in [-0.39, 0.29) is 0 Å². The molecule has 2 aromatic rings. The van der Waals surface area contributed by atoms with Crippen LogP contribution in [0.3, 0.4) is 0 Å². The molecular formula is C14H17NO2. The molecule has 1 aromatic carbocycles. The summed E-state index contributed by atoms with van der Waals surface area (Å²) in [5.74, 6) is -0.197. The first-order chi connectivity index (χ1) is 8.06. The summed E-state index contributed by atoms with van der Waals surface area (Å²) in [4.78, 5) is 10.9. The summed E-state index contributed by atoms with van der Waals surface area (Å²) in [5.41, 5.74) is 0.346. The second kappa shape index (κ2) is 4.62. The second-order valence-corrected chi connectivity index (χ2v) is 4.83. The third-order valence-electron chi connectivity index (χ3n) is 2.91. The molecule has 0 bridgehead atoms. The number of hydrogen-bond donors (Lipinski definition) is 1. The summed E-state index contributed by atoms with van der Waals surface area (Å²) in [7, 11) is 0. The lowest BCUT2D eigenvalue weighted by molar-refractivity contribution is 0.0697. The molecule has 0 aliphatic heterocycles. The van der Waals surface area contributed by atoms with Gasteiger partial charge in [0.1, 0.15) is 0 Å². The van der Waals surface area contributed by atoms with E-state index in [0.717, 1.165) is 23.7 Å². The molecule has 3 nitrogen and oxygen atoms in total. The van der Waals surface area contributed by atoms with Gasteiger partial charge in [0.15, 0.2) is 0 Å². The fourth-order valence-electron chi connectivity index (χ4n) is 1.87. The van der Waals surface area contributed by atoms with Gasteiger partial charge in [0.25, 0.3) is 0 Å². The number of aromatic nitrogens is 1. The lowest BCUT2D eigenvalue weighted by atomic mass is 10.1. The quantitative estimate of drug-likeness (QED) is 0.876. The Hall–Kier alpha value is -1.77. The van der Waals surface area contributed by atoms with Crippen molar-refractivity contribution in [3.05, 3.63) is 36.2 Å². The van der Waals surface area contributed by atoms with E-state index >= 15 is 0 Å². The third kappa shape index (κ3) is 2.67. The number of nitrogens with zero attached hydrogens (tertiary/aromatic N) is 1. The zero-order valence-corrected chi connectivity index (χ0v) is 10.2. The van der Waals surface area contributed by atoms with Gasteiger partial charge in [-0.15, -0.1) is 0 Å². The van der Waals surface area contributed by atoms with Crippen LogP contribution in [-0.4, -0.2) is 15.6 Å². The van der Waals surface area contributed by atoms with E-state index in [1.54, 1.807) is 12.1 Å². The van der Waals surface area contributed by atoms with Crippen molar-refractivity contribution in [3.8, 4) is 0 Å². The van der Waals surface area contributed by atoms with Gasteiger partial charge >= 0.3 is 5.97 Å². The molecule has 17 heavy (non-hydrogen) atoms. The summed E-state index contributed by atoms with van der Waals surface area (Å²) >= 11 is 0. The van der Waals surface area contributed by atoms with Crippen LogP contribution in [0.2, 0.25) is 0 Å². The predicted octanol–water partition coefficient (Wildman–Crippen LogP) is 3.39. The number of aromatic carboxylic acids is 1. The van der Waals surface area contributed by atoms with Crippen LogP contribution in [0.25, 0.3) is 10.8 Å². The van der Waals surface area contributed by atoms with E-state index in [9.17, 15) is 4.79 Å². The highest BCUT2D eigenvalue weighted by Gasteiger charge is 2.05. The number of fused-ring (bicyclic) bond motifs is 1. The molecule has 90 valence electrons. The maximum atomic E-state index is 10.9. The molecule has 0 atom stereocenters. The van der Waals surface area contributed by atoms with E-state index in [1.807, 2.05) is 12.3 Å².